The molecule has 5 nitrogen and oxygen atoms in total. The Kier molecular flexibility index (Phi) is 6.05. The molecule has 146 valence electrons. The molecular weight excluding hydrogens is 393 g/mol. The van der Waals surface area contributed by atoms with Gasteiger partial charge in [0.05, 0.1) is 11.1 Å². The number of rotatable bonds is 7. The van der Waals surface area contributed by atoms with E-state index >= 15 is 0 Å². The van der Waals surface area contributed by atoms with Gasteiger partial charge in [-0.05, 0) is 48.7 Å². The Labute approximate surface area is 160 Å². The number of hydrogen-bond donors (Lipinski definition) is 2. The van der Waals surface area contributed by atoms with Crippen LogP contribution >= 0.6 is 0 Å². The predicted octanol–water partition coefficient (Wildman–Crippen LogP) is 2.93. The molecule has 0 spiro atoms. The topological polar surface area (TPSA) is 76.1 Å². The fraction of sp³-hybridized carbons (Fsp3) is 0.158. The van der Waals surface area contributed by atoms with E-state index in [9.17, 15) is 26.4 Å². The summed E-state index contributed by atoms with van der Waals surface area (Å²) in [5.74, 6) is -5.03. The van der Waals surface area contributed by atoms with Crippen molar-refractivity contribution >= 4 is 27.6 Å². The zero-order valence-electron chi connectivity index (χ0n) is 14.4. The van der Waals surface area contributed by atoms with Crippen LogP contribution in [0.3, 0.4) is 0 Å². The second kappa shape index (κ2) is 8.49. The molecule has 0 fully saturated rings. The molecule has 28 heavy (non-hydrogen) atoms. The number of benzene rings is 2. The van der Waals surface area contributed by atoms with E-state index in [0.29, 0.717) is 17.0 Å². The lowest BCUT2D eigenvalue weighted by molar-refractivity contribution is 0.102. The molecule has 0 saturated carbocycles. The van der Waals surface area contributed by atoms with Gasteiger partial charge in [-0.15, -0.1) is 0 Å². The fourth-order valence-corrected chi connectivity index (χ4v) is 3.19. The first kappa shape index (κ1) is 20.0. The number of carbonyl (C=O) groups excluding carboxylic acids is 1. The molecule has 0 radical (unpaired) electrons. The molecule has 1 N–H and O–H groups in total. The molecule has 3 rings (SSSR count). The van der Waals surface area contributed by atoms with Crippen LogP contribution < -0.4 is 4.72 Å². The molecule has 2 aromatic carbocycles. The first-order valence-corrected chi connectivity index (χ1v) is 9.50. The van der Waals surface area contributed by atoms with Gasteiger partial charge >= 0.3 is 0 Å². The van der Waals surface area contributed by atoms with Gasteiger partial charge in [-0.1, -0.05) is 6.07 Å². The molecule has 1 heterocycles. The molecule has 0 atom stereocenters. The van der Waals surface area contributed by atoms with Gasteiger partial charge in [0, 0.05) is 23.7 Å². The summed E-state index contributed by atoms with van der Waals surface area (Å²) in [4.78, 5) is 16.8. The van der Waals surface area contributed by atoms with Gasteiger partial charge in [-0.2, -0.15) is 0 Å². The monoisotopic (exact) mass is 408 g/mol. The van der Waals surface area contributed by atoms with Crippen LogP contribution in [0.5, 0.6) is 0 Å². The van der Waals surface area contributed by atoms with Gasteiger partial charge in [0.2, 0.25) is 10.9 Å². The average molecular weight is 408 g/mol. The molecule has 0 aliphatic heterocycles. The van der Waals surface area contributed by atoms with E-state index in [1.54, 1.807) is 18.3 Å². The van der Waals surface area contributed by atoms with E-state index in [4.69, 9.17) is 0 Å². The molecule has 1 aromatic heterocycles. The third-order valence-electron chi connectivity index (χ3n) is 4.19. The van der Waals surface area contributed by atoms with E-state index < -0.39 is 39.7 Å². The molecule has 0 saturated heterocycles. The lowest BCUT2D eigenvalue weighted by Gasteiger charge is -2.11. The summed E-state index contributed by atoms with van der Waals surface area (Å²) in [5, 5.41) is 0.601. The van der Waals surface area contributed by atoms with Crippen molar-refractivity contribution in [3.05, 3.63) is 76.7 Å². The SMILES string of the molecule is O=C(c1ccc2ncccc2c1)c1c(F)c(F)cc(CCCN[SH](=O)=O)c1F. The van der Waals surface area contributed by atoms with Gasteiger partial charge < -0.3 is 0 Å². The van der Waals surface area contributed by atoms with Crippen LogP contribution in [0.1, 0.15) is 27.9 Å². The standard InChI is InChI=1S/C19H15F3N2O3S/c20-14-10-12(4-2-8-24-28(26)27)17(21)16(18(14)22)19(25)13-5-6-15-11(9-13)3-1-7-23-15/h1,3,5-7,9-10,28H,2,4,8H2,(H,24,26,27). The molecule has 0 amide bonds. The summed E-state index contributed by atoms with van der Waals surface area (Å²) in [7, 11) is -2.80. The van der Waals surface area contributed by atoms with Gasteiger partial charge in [0.25, 0.3) is 0 Å². The zero-order valence-corrected chi connectivity index (χ0v) is 15.3. The lowest BCUT2D eigenvalue weighted by atomic mass is 9.97. The van der Waals surface area contributed by atoms with Crippen LogP contribution in [0, 0.1) is 17.5 Å². The number of halogens is 3. The number of nitrogens with zero attached hydrogens (tertiary/aromatic N) is 1. The van der Waals surface area contributed by atoms with Crippen molar-refractivity contribution in [1.29, 1.82) is 0 Å². The number of thiol groups is 1. The number of hydrogen-bond acceptors (Lipinski definition) is 4. The van der Waals surface area contributed by atoms with Crippen molar-refractivity contribution in [1.82, 2.24) is 9.71 Å². The van der Waals surface area contributed by atoms with Crippen molar-refractivity contribution in [3.8, 4) is 0 Å². The highest BCUT2D eigenvalue weighted by Gasteiger charge is 2.25. The molecule has 9 heteroatoms. The highest BCUT2D eigenvalue weighted by Crippen LogP contribution is 2.25. The van der Waals surface area contributed by atoms with E-state index in [0.717, 1.165) is 0 Å². The maximum absolute atomic E-state index is 14.8. The summed E-state index contributed by atoms with van der Waals surface area (Å²) in [5.41, 5.74) is -0.572. The first-order chi connectivity index (χ1) is 13.4. The Bertz CT molecular complexity index is 1120. The molecule has 0 aliphatic carbocycles. The lowest BCUT2D eigenvalue weighted by Crippen LogP contribution is -2.15. The van der Waals surface area contributed by atoms with Crippen LogP contribution in [-0.4, -0.2) is 25.7 Å². The van der Waals surface area contributed by atoms with Crippen molar-refractivity contribution in [2.24, 2.45) is 0 Å². The number of pyridine rings is 1. The second-order valence-electron chi connectivity index (χ2n) is 6.03. The zero-order chi connectivity index (χ0) is 20.3. The third-order valence-corrected chi connectivity index (χ3v) is 4.67. The largest absolute Gasteiger partial charge is 0.288 e. The Morgan fingerprint density at radius 2 is 1.86 bits per heavy atom. The summed E-state index contributed by atoms with van der Waals surface area (Å²) in [6.07, 6.45) is 1.65. The highest BCUT2D eigenvalue weighted by atomic mass is 32.2. The number of aryl methyl sites for hydroxylation is 1. The second-order valence-corrected chi connectivity index (χ2v) is 6.86. The maximum atomic E-state index is 14.8. The van der Waals surface area contributed by atoms with Crippen molar-refractivity contribution in [3.63, 3.8) is 0 Å². The minimum absolute atomic E-state index is 0.000122. The summed E-state index contributed by atoms with van der Waals surface area (Å²) >= 11 is 0. The minimum Gasteiger partial charge on any atom is -0.288 e. The molecule has 3 aromatic rings. The van der Waals surface area contributed by atoms with Gasteiger partial charge in [0.1, 0.15) is 5.82 Å². The molecule has 0 unspecified atom stereocenters. The van der Waals surface area contributed by atoms with Gasteiger partial charge in [-0.25, -0.2) is 26.3 Å². The maximum Gasteiger partial charge on any atom is 0.201 e. The number of carbonyl (C=O) groups is 1. The van der Waals surface area contributed by atoms with Crippen LogP contribution in [0.25, 0.3) is 10.9 Å². The van der Waals surface area contributed by atoms with E-state index in [-0.39, 0.29) is 30.5 Å². The first-order valence-electron chi connectivity index (χ1n) is 8.32. The summed E-state index contributed by atoms with van der Waals surface area (Å²) in [6.45, 7) is 0.0120. The Morgan fingerprint density at radius 1 is 1.07 bits per heavy atom. The van der Waals surface area contributed by atoms with Crippen LogP contribution in [0.2, 0.25) is 0 Å². The number of nitrogens with one attached hydrogen (secondary N) is 1. The molecule has 0 bridgehead atoms. The smallest absolute Gasteiger partial charge is 0.201 e. The minimum atomic E-state index is -2.80. The van der Waals surface area contributed by atoms with Crippen LogP contribution in [0.15, 0.2) is 42.6 Å². The molecular formula is C19H15F3N2O3S. The normalized spacial score (nSPS) is 11.3. The van der Waals surface area contributed by atoms with Gasteiger partial charge in [0.15, 0.2) is 17.4 Å². The summed E-state index contributed by atoms with van der Waals surface area (Å²) in [6, 6.07) is 8.37. The Balaban J connectivity index is 1.95. The number of aromatic nitrogens is 1. The van der Waals surface area contributed by atoms with Crippen LogP contribution in [-0.2, 0) is 17.3 Å². The van der Waals surface area contributed by atoms with E-state index in [1.807, 2.05) is 0 Å². The third kappa shape index (κ3) is 4.20. The van der Waals surface area contributed by atoms with Crippen molar-refractivity contribution in [2.75, 3.05) is 6.54 Å². The van der Waals surface area contributed by atoms with E-state index in [1.165, 1.54) is 18.2 Å². The number of ketones is 1. The van der Waals surface area contributed by atoms with E-state index in [2.05, 4.69) is 9.71 Å². The number of fused-ring (bicyclic) bond motifs is 1. The predicted molar refractivity (Wildman–Crippen MR) is 98.1 cm³/mol. The van der Waals surface area contributed by atoms with Crippen LogP contribution in [0.4, 0.5) is 13.2 Å². The average Bonchev–Trinajstić information content (AvgIpc) is 2.68. The Morgan fingerprint density at radius 3 is 2.61 bits per heavy atom. The Hall–Kier alpha value is -2.78. The van der Waals surface area contributed by atoms with Crippen molar-refractivity contribution < 1.29 is 26.4 Å². The fourth-order valence-electron chi connectivity index (χ4n) is 2.85. The van der Waals surface area contributed by atoms with Crippen molar-refractivity contribution in [2.45, 2.75) is 12.8 Å². The quantitative estimate of drug-likeness (QED) is 0.273. The summed E-state index contributed by atoms with van der Waals surface area (Å²) < 4.78 is 66.0. The van der Waals surface area contributed by atoms with Gasteiger partial charge in [-0.3, -0.25) is 9.78 Å². The highest BCUT2D eigenvalue weighted by molar-refractivity contribution is 7.70. The molecule has 0 aliphatic rings.